The maximum atomic E-state index is 15.8. The minimum absolute atomic E-state index is 0.0235. The molecule has 3 atom stereocenters. The molecule has 6 aromatic carbocycles. The molecule has 0 unspecified atom stereocenters. The van der Waals surface area contributed by atoms with Crippen LogP contribution in [-0.4, -0.2) is 51.8 Å². The van der Waals surface area contributed by atoms with Gasteiger partial charge < -0.3 is 29.8 Å². The van der Waals surface area contributed by atoms with E-state index in [1.54, 1.807) is 24.5 Å². The number of fused-ring (bicyclic) bond motifs is 8. The van der Waals surface area contributed by atoms with E-state index < -0.39 is 52.6 Å². The molecule has 2 aliphatic carbocycles. The van der Waals surface area contributed by atoms with Crippen LogP contribution < -0.4 is 21.5 Å². The quantitative estimate of drug-likeness (QED) is 0.0445. The van der Waals surface area contributed by atoms with Gasteiger partial charge in [0, 0.05) is 28.5 Å². The number of ether oxygens (including phenoxy) is 2. The van der Waals surface area contributed by atoms with Crippen LogP contribution in [0.2, 0.25) is 0 Å². The number of halogens is 1. The van der Waals surface area contributed by atoms with E-state index in [1.165, 1.54) is 6.07 Å². The highest BCUT2D eigenvalue weighted by atomic mass is 19.1. The number of nitrogens with zero attached hydrogens (tertiary/aromatic N) is 2. The summed E-state index contributed by atoms with van der Waals surface area (Å²) in [4.78, 5) is 61.7. The predicted molar refractivity (Wildman–Crippen MR) is 296 cm³/mol. The van der Waals surface area contributed by atoms with E-state index in [-0.39, 0.29) is 49.6 Å². The lowest BCUT2D eigenvalue weighted by molar-refractivity contribution is -0.172. The average molecular weight is 1040 g/mol. The van der Waals surface area contributed by atoms with Crippen molar-refractivity contribution in [2.45, 2.75) is 102 Å². The lowest BCUT2D eigenvalue weighted by Crippen LogP contribution is -2.48. The van der Waals surface area contributed by atoms with Crippen molar-refractivity contribution in [3.63, 3.8) is 0 Å². The number of carbonyl (C=O) groups is 3. The summed E-state index contributed by atoms with van der Waals surface area (Å²) in [6, 6.07) is 47.0. The van der Waals surface area contributed by atoms with Gasteiger partial charge in [0.25, 0.3) is 5.56 Å². The van der Waals surface area contributed by atoms with Gasteiger partial charge >= 0.3 is 12.1 Å². The Balaban J connectivity index is 0.856. The maximum absolute atomic E-state index is 15.8. The average Bonchev–Trinajstić information content (AvgIpc) is 4.13. The second kappa shape index (κ2) is 20.3. The Morgan fingerprint density at radius 3 is 2.14 bits per heavy atom. The van der Waals surface area contributed by atoms with Crippen molar-refractivity contribution in [3.05, 3.63) is 229 Å². The van der Waals surface area contributed by atoms with Crippen molar-refractivity contribution in [3.8, 4) is 22.5 Å². The maximum Gasteiger partial charge on any atom is 0.407 e. The van der Waals surface area contributed by atoms with Gasteiger partial charge in [0.05, 0.1) is 40.6 Å². The molecule has 4 aliphatic rings. The molecule has 4 N–H and O–H groups in total. The van der Waals surface area contributed by atoms with Crippen molar-refractivity contribution in [1.82, 2.24) is 25.5 Å². The molecule has 78 heavy (non-hydrogen) atoms. The summed E-state index contributed by atoms with van der Waals surface area (Å²) in [6.07, 6.45) is 1.55. The van der Waals surface area contributed by atoms with Crippen molar-refractivity contribution < 1.29 is 33.4 Å². The predicted octanol–water partition coefficient (Wildman–Crippen LogP) is 10.6. The van der Waals surface area contributed by atoms with Crippen LogP contribution >= 0.6 is 0 Å². The number of alkyl carbamates (subject to hydrolysis) is 1. The first kappa shape index (κ1) is 50.6. The number of esters is 1. The first-order valence-electron chi connectivity index (χ1n) is 27.1. The molecule has 12 rings (SSSR count). The fraction of sp³-hybridized carbons (Fsp3) is 0.277. The minimum atomic E-state index is -2.04. The number of benzene rings is 6. The van der Waals surface area contributed by atoms with E-state index in [4.69, 9.17) is 14.5 Å². The summed E-state index contributed by atoms with van der Waals surface area (Å²) >= 11 is 0. The van der Waals surface area contributed by atoms with E-state index in [0.717, 1.165) is 50.1 Å². The van der Waals surface area contributed by atoms with Gasteiger partial charge in [-0.3, -0.25) is 14.9 Å². The molecule has 2 aromatic heterocycles. The summed E-state index contributed by atoms with van der Waals surface area (Å²) in [5.41, 5.74) is 9.69. The Hall–Kier alpha value is -8.26. The summed E-state index contributed by atoms with van der Waals surface area (Å²) < 4.78 is 28.8. The van der Waals surface area contributed by atoms with Gasteiger partial charge in [-0.25, -0.2) is 19.0 Å². The smallest absolute Gasteiger partial charge is 0.407 e. The summed E-state index contributed by atoms with van der Waals surface area (Å²) in [6.45, 7) is 5.88. The molecule has 0 radical (unpaired) electrons. The third-order valence-corrected chi connectivity index (χ3v) is 16.9. The van der Waals surface area contributed by atoms with Gasteiger partial charge in [-0.1, -0.05) is 146 Å². The first-order chi connectivity index (χ1) is 37.9. The second-order valence-corrected chi connectivity index (χ2v) is 21.2. The van der Waals surface area contributed by atoms with Crippen LogP contribution in [0.3, 0.4) is 0 Å². The number of hydrogen-bond donors (Lipinski definition) is 4. The highest BCUT2D eigenvalue weighted by Gasteiger charge is 2.46. The summed E-state index contributed by atoms with van der Waals surface area (Å²) in [5, 5.41) is 22.6. The molecule has 2 amide bonds. The fourth-order valence-electron chi connectivity index (χ4n) is 12.8. The molecule has 0 saturated carbocycles. The standard InChI is InChI=1S/C65H60FN5O7/c1-4-64(76)51-33-56-59-48(35-71(56)61(73)50(51)37-77-62(64)74)58-53(31-30-43-39(3)52(66)34-55(68-59)57(43)58)69-60(72)54(70-63(75)78-36-49-46-23-13-11-21-44(46)45-22-12-14-24-47(45)49)25-15-16-32-67-65(40-17-7-5-8-18-40,41-19-9-6-10-20-41)42-28-26-38(2)27-29-42/h5-14,17-24,26-29,33-34,49,53-54,67,76H,4,15-16,25,30-32,35-37H2,1-3H3,(H,69,72)(H,70,75)/t53-,54-,64-/m0/s1. The molecule has 8 aromatic rings. The number of rotatable bonds is 15. The largest absolute Gasteiger partial charge is 0.458 e. The normalized spacial score (nSPS) is 17.3. The highest BCUT2D eigenvalue weighted by molar-refractivity contribution is 5.94. The molecule has 0 spiro atoms. The van der Waals surface area contributed by atoms with Crippen LogP contribution in [0, 0.1) is 19.7 Å². The van der Waals surface area contributed by atoms with Gasteiger partial charge in [-0.05, 0) is 121 Å². The Labute approximate surface area is 451 Å². The number of aromatic nitrogens is 2. The van der Waals surface area contributed by atoms with E-state index in [9.17, 15) is 19.5 Å². The number of hydrogen-bond acceptors (Lipinski definition) is 9. The van der Waals surface area contributed by atoms with Crippen LogP contribution in [0.15, 0.2) is 150 Å². The van der Waals surface area contributed by atoms with Crippen LogP contribution in [-0.2, 0) is 49.8 Å². The second-order valence-electron chi connectivity index (χ2n) is 21.2. The van der Waals surface area contributed by atoms with Gasteiger partial charge in [-0.2, -0.15) is 0 Å². The summed E-state index contributed by atoms with van der Waals surface area (Å²) in [5.74, 6) is -1.87. The monoisotopic (exact) mass is 1040 g/mol. The molecular formula is C65H60FN5O7. The molecule has 394 valence electrons. The third-order valence-electron chi connectivity index (χ3n) is 16.9. The Bertz CT molecular complexity index is 3670. The van der Waals surface area contributed by atoms with Crippen molar-refractivity contribution >= 4 is 28.9 Å². The number of carbonyl (C=O) groups excluding carboxylic acids is 3. The number of aliphatic hydroxyl groups is 1. The Morgan fingerprint density at radius 1 is 0.833 bits per heavy atom. The molecule has 0 saturated heterocycles. The summed E-state index contributed by atoms with van der Waals surface area (Å²) in [7, 11) is 0. The van der Waals surface area contributed by atoms with Gasteiger partial charge in [0.1, 0.15) is 25.1 Å². The van der Waals surface area contributed by atoms with E-state index >= 15 is 9.18 Å². The lowest BCUT2D eigenvalue weighted by Gasteiger charge is -2.37. The first-order valence-corrected chi connectivity index (χ1v) is 27.1. The molecule has 4 heterocycles. The van der Waals surface area contributed by atoms with Crippen LogP contribution in [0.25, 0.3) is 33.4 Å². The van der Waals surface area contributed by atoms with Gasteiger partial charge in [0.15, 0.2) is 5.60 Å². The molecule has 2 aliphatic heterocycles. The molecule has 0 fully saturated rings. The SMILES string of the molecule is CC[C@@]1(O)C(=O)OCc2c1cc1n(c2=O)Cc2c-1nc1cc(F)c(C)c3c1c2[C@@H](NC(=O)[C@H](CCCCNC(c1ccccc1)(c1ccccc1)c1ccc(C)cc1)NC(=O)OCC1c2ccccc2-c2ccccc21)CC3. The van der Waals surface area contributed by atoms with Crippen molar-refractivity contribution in [2.75, 3.05) is 13.2 Å². The lowest BCUT2D eigenvalue weighted by atomic mass is 9.76. The molecule has 12 nitrogen and oxygen atoms in total. The zero-order valence-corrected chi connectivity index (χ0v) is 43.8. The molecule has 0 bridgehead atoms. The number of aryl methyl sites for hydroxylation is 2. The highest BCUT2D eigenvalue weighted by Crippen LogP contribution is 2.47. The number of unbranched alkanes of at least 4 members (excludes halogenated alkanes) is 1. The van der Waals surface area contributed by atoms with Gasteiger partial charge in [0.2, 0.25) is 5.91 Å². The van der Waals surface area contributed by atoms with Crippen LogP contribution in [0.5, 0.6) is 0 Å². The Kier molecular flexibility index (Phi) is 13.1. The zero-order valence-electron chi connectivity index (χ0n) is 43.8. The number of cyclic esters (lactones) is 1. The van der Waals surface area contributed by atoms with Crippen molar-refractivity contribution in [1.29, 1.82) is 0 Å². The van der Waals surface area contributed by atoms with E-state index in [2.05, 4.69) is 95.7 Å². The van der Waals surface area contributed by atoms with Gasteiger partial charge in [-0.15, -0.1) is 0 Å². The minimum Gasteiger partial charge on any atom is -0.458 e. The van der Waals surface area contributed by atoms with Crippen LogP contribution in [0.1, 0.15) is 118 Å². The Morgan fingerprint density at radius 2 is 1.47 bits per heavy atom. The molecular weight excluding hydrogens is 982 g/mol. The molecule has 13 heteroatoms. The zero-order chi connectivity index (χ0) is 53.9. The topological polar surface area (TPSA) is 161 Å². The van der Waals surface area contributed by atoms with Crippen LogP contribution in [0.4, 0.5) is 9.18 Å². The fourth-order valence-corrected chi connectivity index (χ4v) is 12.8. The number of nitrogens with one attached hydrogen (secondary N) is 3. The number of amides is 2. The van der Waals surface area contributed by atoms with E-state index in [1.807, 2.05) is 60.7 Å². The number of pyridine rings is 2. The third kappa shape index (κ3) is 8.47. The van der Waals surface area contributed by atoms with Crippen molar-refractivity contribution in [2.24, 2.45) is 0 Å². The van der Waals surface area contributed by atoms with E-state index in [0.29, 0.717) is 71.2 Å².